The summed E-state index contributed by atoms with van der Waals surface area (Å²) in [4.78, 5) is 12.2. The lowest BCUT2D eigenvalue weighted by atomic mass is 10.1. The lowest BCUT2D eigenvalue weighted by Gasteiger charge is -2.14. The van der Waals surface area contributed by atoms with Gasteiger partial charge in [-0.25, -0.2) is 8.42 Å². The van der Waals surface area contributed by atoms with Crippen molar-refractivity contribution < 1.29 is 13.2 Å². The van der Waals surface area contributed by atoms with Gasteiger partial charge in [0, 0.05) is 11.4 Å². The van der Waals surface area contributed by atoms with Gasteiger partial charge in [-0.15, -0.1) is 12.4 Å². The smallest absolute Gasteiger partial charge is 0.232 e. The van der Waals surface area contributed by atoms with Crippen molar-refractivity contribution in [3.05, 3.63) is 53.6 Å². The van der Waals surface area contributed by atoms with Crippen LogP contribution in [0.4, 0.5) is 17.1 Å². The van der Waals surface area contributed by atoms with Crippen LogP contribution in [-0.2, 0) is 21.2 Å². The molecule has 0 unspecified atom stereocenters. The summed E-state index contributed by atoms with van der Waals surface area (Å²) >= 11 is 0. The molecule has 0 fully saturated rings. The molecule has 26 heavy (non-hydrogen) atoms. The Labute approximate surface area is 160 Å². The lowest BCUT2D eigenvalue weighted by molar-refractivity contribution is -0.115. The van der Waals surface area contributed by atoms with E-state index >= 15 is 0 Å². The molecule has 0 saturated heterocycles. The fourth-order valence-electron chi connectivity index (χ4n) is 2.38. The van der Waals surface area contributed by atoms with E-state index in [0.29, 0.717) is 29.0 Å². The van der Waals surface area contributed by atoms with E-state index in [1.807, 2.05) is 0 Å². The minimum Gasteiger partial charge on any atom is -0.399 e. The highest BCUT2D eigenvalue weighted by Gasteiger charge is 2.13. The van der Waals surface area contributed by atoms with Crippen molar-refractivity contribution in [1.82, 2.24) is 0 Å². The highest BCUT2D eigenvalue weighted by atomic mass is 35.5. The highest BCUT2D eigenvalue weighted by Crippen LogP contribution is 2.24. The van der Waals surface area contributed by atoms with Gasteiger partial charge in [-0.05, 0) is 48.7 Å². The molecular weight excluding hydrogens is 374 g/mol. The summed E-state index contributed by atoms with van der Waals surface area (Å²) in [6.07, 6.45) is 0.748. The van der Waals surface area contributed by atoms with Crippen LogP contribution in [0.1, 0.15) is 24.5 Å². The van der Waals surface area contributed by atoms with E-state index in [-0.39, 0.29) is 30.5 Å². The van der Waals surface area contributed by atoms with Gasteiger partial charge in [-0.3, -0.25) is 9.52 Å². The summed E-state index contributed by atoms with van der Waals surface area (Å²) in [6.45, 7) is 3.57. The molecule has 0 saturated carbocycles. The van der Waals surface area contributed by atoms with Crippen molar-refractivity contribution >= 4 is 45.4 Å². The molecular formula is C18H24ClN3O3S. The van der Waals surface area contributed by atoms with E-state index in [2.05, 4.69) is 10.0 Å². The molecule has 0 aliphatic rings. The highest BCUT2D eigenvalue weighted by molar-refractivity contribution is 7.92. The summed E-state index contributed by atoms with van der Waals surface area (Å²) in [6, 6.07) is 12.2. The number of nitrogens with two attached hydrogens (primary N) is 1. The first kappa shape index (κ1) is 21.8. The van der Waals surface area contributed by atoms with Gasteiger partial charge < -0.3 is 11.1 Å². The number of rotatable bonds is 7. The van der Waals surface area contributed by atoms with Crippen LogP contribution >= 0.6 is 12.4 Å². The average molecular weight is 398 g/mol. The number of amides is 1. The summed E-state index contributed by atoms with van der Waals surface area (Å²) in [5.41, 5.74) is 8.85. The molecule has 0 atom stereocenters. The van der Waals surface area contributed by atoms with Crippen LogP contribution in [-0.4, -0.2) is 20.1 Å². The van der Waals surface area contributed by atoms with Crippen LogP contribution in [0, 0.1) is 6.92 Å². The van der Waals surface area contributed by atoms with Crippen molar-refractivity contribution in [2.75, 3.05) is 21.5 Å². The first-order valence-electron chi connectivity index (χ1n) is 8.05. The molecule has 2 aromatic carbocycles. The zero-order chi connectivity index (χ0) is 18.4. The van der Waals surface area contributed by atoms with Gasteiger partial charge in [0.25, 0.3) is 0 Å². The predicted octanol–water partition coefficient (Wildman–Crippen LogP) is 3.33. The number of nitrogen functional groups attached to an aromatic ring is 1. The largest absolute Gasteiger partial charge is 0.399 e. The number of hydrogen-bond acceptors (Lipinski definition) is 4. The van der Waals surface area contributed by atoms with Gasteiger partial charge in [0.05, 0.1) is 17.9 Å². The van der Waals surface area contributed by atoms with Gasteiger partial charge >= 0.3 is 0 Å². The standard InChI is InChI=1S/C18H23N3O3S.ClH/c1-3-11-25(23,24)21-17-6-4-5-16(13(17)2)20-18(22)12-14-7-9-15(19)10-8-14;/h4-10,21H,3,11-12,19H2,1-2H3,(H,20,22);1H. The molecule has 142 valence electrons. The molecule has 0 bridgehead atoms. The molecule has 2 aromatic rings. The fourth-order valence-corrected chi connectivity index (χ4v) is 3.58. The van der Waals surface area contributed by atoms with Crippen molar-refractivity contribution in [3.63, 3.8) is 0 Å². The maximum atomic E-state index is 12.2. The van der Waals surface area contributed by atoms with Crippen LogP contribution in [0.3, 0.4) is 0 Å². The molecule has 4 N–H and O–H groups in total. The average Bonchev–Trinajstić information content (AvgIpc) is 2.53. The zero-order valence-corrected chi connectivity index (χ0v) is 16.4. The van der Waals surface area contributed by atoms with Crippen LogP contribution < -0.4 is 15.8 Å². The monoisotopic (exact) mass is 397 g/mol. The summed E-state index contributed by atoms with van der Waals surface area (Å²) in [5, 5.41) is 2.83. The number of nitrogens with one attached hydrogen (secondary N) is 2. The molecule has 8 heteroatoms. The van der Waals surface area contributed by atoms with Gasteiger partial charge in [0.2, 0.25) is 15.9 Å². The molecule has 0 radical (unpaired) electrons. The van der Waals surface area contributed by atoms with E-state index in [1.165, 1.54) is 0 Å². The normalized spacial score (nSPS) is 10.7. The van der Waals surface area contributed by atoms with E-state index in [1.54, 1.807) is 56.3 Å². The molecule has 1 amide bonds. The third kappa shape index (κ3) is 6.24. The van der Waals surface area contributed by atoms with E-state index in [9.17, 15) is 13.2 Å². The molecule has 0 aromatic heterocycles. The molecule has 6 nitrogen and oxygen atoms in total. The maximum absolute atomic E-state index is 12.2. The first-order valence-corrected chi connectivity index (χ1v) is 9.70. The van der Waals surface area contributed by atoms with Gasteiger partial charge in [-0.1, -0.05) is 25.1 Å². The number of benzene rings is 2. The Hall–Kier alpha value is -2.25. The van der Waals surface area contributed by atoms with Crippen LogP contribution in [0.25, 0.3) is 0 Å². The van der Waals surface area contributed by atoms with Gasteiger partial charge in [0.1, 0.15) is 0 Å². The number of halogens is 1. The third-order valence-electron chi connectivity index (χ3n) is 3.69. The van der Waals surface area contributed by atoms with Crippen LogP contribution in [0.5, 0.6) is 0 Å². The molecule has 0 heterocycles. The Bertz CT molecular complexity index is 852. The predicted molar refractivity (Wildman–Crippen MR) is 109 cm³/mol. The van der Waals surface area contributed by atoms with Crippen molar-refractivity contribution in [2.45, 2.75) is 26.7 Å². The lowest BCUT2D eigenvalue weighted by Crippen LogP contribution is -2.18. The van der Waals surface area contributed by atoms with Gasteiger partial charge in [0.15, 0.2) is 0 Å². The number of anilines is 3. The number of carbonyl (C=O) groups is 1. The molecule has 2 rings (SSSR count). The fraction of sp³-hybridized carbons (Fsp3) is 0.278. The Kier molecular flexibility index (Phi) is 7.92. The van der Waals surface area contributed by atoms with E-state index in [0.717, 1.165) is 5.56 Å². The minimum absolute atomic E-state index is 0. The summed E-state index contributed by atoms with van der Waals surface area (Å²) < 4.78 is 26.5. The first-order chi connectivity index (χ1) is 11.8. The minimum atomic E-state index is -3.38. The number of carbonyl (C=O) groups excluding carboxylic acids is 1. The van der Waals surface area contributed by atoms with Crippen LogP contribution in [0.15, 0.2) is 42.5 Å². The summed E-state index contributed by atoms with van der Waals surface area (Å²) in [7, 11) is -3.38. The van der Waals surface area contributed by atoms with E-state index in [4.69, 9.17) is 5.73 Å². The zero-order valence-electron chi connectivity index (χ0n) is 14.8. The van der Waals surface area contributed by atoms with E-state index < -0.39 is 10.0 Å². The van der Waals surface area contributed by atoms with Crippen molar-refractivity contribution in [2.24, 2.45) is 0 Å². The Morgan fingerprint density at radius 2 is 1.69 bits per heavy atom. The van der Waals surface area contributed by atoms with Crippen molar-refractivity contribution in [3.8, 4) is 0 Å². The SMILES string of the molecule is CCCS(=O)(=O)Nc1cccc(NC(=O)Cc2ccc(N)cc2)c1C.Cl. The Morgan fingerprint density at radius 1 is 1.08 bits per heavy atom. The Morgan fingerprint density at radius 3 is 2.31 bits per heavy atom. The number of sulfonamides is 1. The molecule has 0 aliphatic heterocycles. The topological polar surface area (TPSA) is 101 Å². The van der Waals surface area contributed by atoms with Gasteiger partial charge in [-0.2, -0.15) is 0 Å². The number of hydrogen-bond donors (Lipinski definition) is 3. The Balaban J connectivity index is 0.00000338. The second-order valence-corrected chi connectivity index (χ2v) is 7.71. The maximum Gasteiger partial charge on any atom is 0.232 e. The quantitative estimate of drug-likeness (QED) is 0.623. The molecule has 0 aliphatic carbocycles. The van der Waals surface area contributed by atoms with Crippen LogP contribution in [0.2, 0.25) is 0 Å². The van der Waals surface area contributed by atoms with Crippen molar-refractivity contribution in [1.29, 1.82) is 0 Å². The molecule has 0 spiro atoms. The third-order valence-corrected chi connectivity index (χ3v) is 5.17. The second-order valence-electron chi connectivity index (χ2n) is 5.87. The summed E-state index contributed by atoms with van der Waals surface area (Å²) in [5.74, 6) is -0.124. The second kappa shape index (κ2) is 9.45.